The van der Waals surface area contributed by atoms with Crippen LogP contribution < -0.4 is 0 Å². The zero-order chi connectivity index (χ0) is 34.2. The minimum absolute atomic E-state index is 0.581. The van der Waals surface area contributed by atoms with E-state index in [4.69, 9.17) is 23.8 Å². The summed E-state index contributed by atoms with van der Waals surface area (Å²) in [5.41, 5.74) is 8.23. The van der Waals surface area contributed by atoms with Gasteiger partial charge in [-0.2, -0.15) is 0 Å². The number of hydrogen-bond donors (Lipinski definition) is 0. The van der Waals surface area contributed by atoms with Crippen LogP contribution in [0, 0.1) is 0 Å². The number of para-hydroxylation sites is 2. The zero-order valence-corrected chi connectivity index (χ0v) is 27.7. The summed E-state index contributed by atoms with van der Waals surface area (Å²) in [4.78, 5) is 15.1. The van der Waals surface area contributed by atoms with Gasteiger partial charge < -0.3 is 8.83 Å². The molecule has 0 atom stereocenters. The first-order valence-corrected chi connectivity index (χ1v) is 17.3. The third kappa shape index (κ3) is 4.46. The molecule has 0 unspecified atom stereocenters. The highest BCUT2D eigenvalue weighted by molar-refractivity contribution is 6.27. The second kappa shape index (κ2) is 11.2. The molecule has 5 heteroatoms. The molecule has 242 valence electrons. The van der Waals surface area contributed by atoms with Gasteiger partial charge >= 0.3 is 0 Å². The van der Waals surface area contributed by atoms with Gasteiger partial charge in [-0.05, 0) is 63.7 Å². The van der Waals surface area contributed by atoms with E-state index in [9.17, 15) is 0 Å². The van der Waals surface area contributed by atoms with Gasteiger partial charge in [0, 0.05) is 43.6 Å². The molecule has 3 aromatic heterocycles. The van der Waals surface area contributed by atoms with Gasteiger partial charge in [-0.1, -0.05) is 127 Å². The Morgan fingerprint density at radius 1 is 0.327 bits per heavy atom. The lowest BCUT2D eigenvalue weighted by molar-refractivity contribution is 0.669. The van der Waals surface area contributed by atoms with Gasteiger partial charge in [0.15, 0.2) is 17.5 Å². The van der Waals surface area contributed by atoms with Crippen LogP contribution in [0.15, 0.2) is 173 Å². The second-order valence-corrected chi connectivity index (χ2v) is 13.2. The summed E-state index contributed by atoms with van der Waals surface area (Å²) in [6.45, 7) is 0. The quantitative estimate of drug-likeness (QED) is 0.175. The zero-order valence-electron chi connectivity index (χ0n) is 27.7. The molecule has 0 aliphatic heterocycles. The number of rotatable bonds is 4. The van der Waals surface area contributed by atoms with E-state index in [2.05, 4.69) is 97.1 Å². The number of hydrogen-bond acceptors (Lipinski definition) is 5. The van der Waals surface area contributed by atoms with E-state index < -0.39 is 0 Å². The van der Waals surface area contributed by atoms with Crippen LogP contribution in [0.3, 0.4) is 0 Å². The summed E-state index contributed by atoms with van der Waals surface area (Å²) in [6, 6.07) is 56.3. The standard InChI is InChI=1S/C47H27N3O2/c1-2-12-29(13-3-1)45-48-46(50-47(49-45)33-23-24-36-35-17-6-8-19-39(35)51-41(36)27-33)32-15-10-14-30(25-32)38-26-31-22-21-28-11-4-5-16-34(28)42(31)44-43(38)37-18-7-9-20-40(37)52-44/h1-27H. The second-order valence-electron chi connectivity index (χ2n) is 13.2. The fourth-order valence-electron chi connectivity index (χ4n) is 7.65. The van der Waals surface area contributed by atoms with Crippen LogP contribution in [0.5, 0.6) is 0 Å². The maximum Gasteiger partial charge on any atom is 0.164 e. The highest BCUT2D eigenvalue weighted by Gasteiger charge is 2.20. The summed E-state index contributed by atoms with van der Waals surface area (Å²) >= 11 is 0. The van der Waals surface area contributed by atoms with Gasteiger partial charge in [-0.3, -0.25) is 0 Å². The van der Waals surface area contributed by atoms with Crippen LogP contribution in [-0.4, -0.2) is 15.0 Å². The van der Waals surface area contributed by atoms with Crippen molar-refractivity contribution in [1.82, 2.24) is 15.0 Å². The Morgan fingerprint density at radius 2 is 0.923 bits per heavy atom. The van der Waals surface area contributed by atoms with Crippen molar-refractivity contribution in [3.05, 3.63) is 164 Å². The molecule has 0 bridgehead atoms. The molecule has 8 aromatic carbocycles. The first-order chi connectivity index (χ1) is 25.7. The molecular formula is C47H27N3O2. The maximum atomic E-state index is 6.69. The van der Waals surface area contributed by atoms with E-state index in [1.807, 2.05) is 66.7 Å². The summed E-state index contributed by atoms with van der Waals surface area (Å²) in [5.74, 6) is 1.78. The molecule has 0 aliphatic rings. The average molecular weight is 666 g/mol. The topological polar surface area (TPSA) is 65.0 Å². The lowest BCUT2D eigenvalue weighted by atomic mass is 9.92. The van der Waals surface area contributed by atoms with E-state index in [-0.39, 0.29) is 0 Å². The summed E-state index contributed by atoms with van der Waals surface area (Å²) in [5, 5.41) is 8.94. The molecule has 52 heavy (non-hydrogen) atoms. The van der Waals surface area contributed by atoms with Crippen LogP contribution >= 0.6 is 0 Å². The number of benzene rings is 8. The van der Waals surface area contributed by atoms with Crippen molar-refractivity contribution in [2.45, 2.75) is 0 Å². The van der Waals surface area contributed by atoms with Crippen molar-refractivity contribution in [2.24, 2.45) is 0 Å². The van der Waals surface area contributed by atoms with Crippen LogP contribution in [0.4, 0.5) is 0 Å². The minimum atomic E-state index is 0.581. The maximum absolute atomic E-state index is 6.69. The molecule has 11 aromatic rings. The Bertz CT molecular complexity index is 3190. The molecular weight excluding hydrogens is 639 g/mol. The summed E-state index contributed by atoms with van der Waals surface area (Å²) in [6.07, 6.45) is 0. The van der Waals surface area contributed by atoms with Gasteiger partial charge in [0.25, 0.3) is 0 Å². The number of aromatic nitrogens is 3. The van der Waals surface area contributed by atoms with E-state index in [0.29, 0.717) is 17.5 Å². The van der Waals surface area contributed by atoms with Crippen LogP contribution in [0.25, 0.3) is 111 Å². The predicted octanol–water partition coefficient (Wildman–Crippen LogP) is 12.6. The fourth-order valence-corrected chi connectivity index (χ4v) is 7.65. The van der Waals surface area contributed by atoms with Crippen molar-refractivity contribution >= 4 is 65.4 Å². The van der Waals surface area contributed by atoms with Crippen molar-refractivity contribution in [3.63, 3.8) is 0 Å². The Balaban J connectivity index is 1.12. The normalized spacial score (nSPS) is 11.8. The average Bonchev–Trinajstić information content (AvgIpc) is 3.79. The van der Waals surface area contributed by atoms with E-state index in [1.54, 1.807) is 0 Å². The lowest BCUT2D eigenvalue weighted by Gasteiger charge is -2.12. The molecule has 11 rings (SSSR count). The Morgan fingerprint density at radius 3 is 1.75 bits per heavy atom. The van der Waals surface area contributed by atoms with Crippen molar-refractivity contribution in [3.8, 4) is 45.3 Å². The van der Waals surface area contributed by atoms with Gasteiger partial charge in [0.1, 0.15) is 22.3 Å². The molecule has 0 N–H and O–H groups in total. The Kier molecular flexibility index (Phi) is 6.18. The first-order valence-electron chi connectivity index (χ1n) is 17.3. The smallest absolute Gasteiger partial charge is 0.164 e. The molecule has 0 amide bonds. The van der Waals surface area contributed by atoms with Crippen LogP contribution in [0.2, 0.25) is 0 Å². The highest BCUT2D eigenvalue weighted by Crippen LogP contribution is 2.44. The van der Waals surface area contributed by atoms with E-state index in [1.165, 1.54) is 10.8 Å². The largest absolute Gasteiger partial charge is 0.456 e. The summed E-state index contributed by atoms with van der Waals surface area (Å²) in [7, 11) is 0. The Labute approximate surface area is 297 Å². The molecule has 0 spiro atoms. The third-order valence-electron chi connectivity index (χ3n) is 10.1. The SMILES string of the molecule is c1ccc(-c2nc(-c3cccc(-c4cc5ccc6ccccc6c5c5oc6ccccc6c45)c3)nc(-c3ccc4c(c3)oc3ccccc34)n2)cc1. The number of furan rings is 2. The molecule has 0 radical (unpaired) electrons. The van der Waals surface area contributed by atoms with E-state index >= 15 is 0 Å². The molecule has 5 nitrogen and oxygen atoms in total. The predicted molar refractivity (Wildman–Crippen MR) is 211 cm³/mol. The van der Waals surface area contributed by atoms with Crippen molar-refractivity contribution in [1.29, 1.82) is 0 Å². The highest BCUT2D eigenvalue weighted by atomic mass is 16.3. The van der Waals surface area contributed by atoms with Crippen molar-refractivity contribution < 1.29 is 8.83 Å². The molecule has 0 saturated heterocycles. The van der Waals surface area contributed by atoms with Gasteiger partial charge in [0.05, 0.1) is 0 Å². The van der Waals surface area contributed by atoms with Crippen LogP contribution in [-0.2, 0) is 0 Å². The summed E-state index contributed by atoms with van der Waals surface area (Å²) < 4.78 is 12.9. The molecule has 0 fully saturated rings. The lowest BCUT2D eigenvalue weighted by Crippen LogP contribution is -2.00. The van der Waals surface area contributed by atoms with Gasteiger partial charge in [-0.15, -0.1) is 0 Å². The fraction of sp³-hybridized carbons (Fsp3) is 0. The molecule has 0 aliphatic carbocycles. The van der Waals surface area contributed by atoms with Gasteiger partial charge in [0.2, 0.25) is 0 Å². The number of nitrogens with zero attached hydrogens (tertiary/aromatic N) is 3. The Hall–Kier alpha value is -7.11. The molecule has 0 saturated carbocycles. The first kappa shape index (κ1) is 28.7. The van der Waals surface area contributed by atoms with Crippen molar-refractivity contribution in [2.75, 3.05) is 0 Å². The monoisotopic (exact) mass is 665 g/mol. The third-order valence-corrected chi connectivity index (χ3v) is 10.1. The minimum Gasteiger partial charge on any atom is -0.456 e. The number of fused-ring (bicyclic) bond motifs is 10. The van der Waals surface area contributed by atoms with Gasteiger partial charge in [-0.25, -0.2) is 15.0 Å². The van der Waals surface area contributed by atoms with E-state index in [0.717, 1.165) is 82.5 Å². The van der Waals surface area contributed by atoms with Crippen LogP contribution in [0.1, 0.15) is 0 Å². The molecule has 3 heterocycles.